The third kappa shape index (κ3) is 4.33. The van der Waals surface area contributed by atoms with E-state index in [9.17, 15) is 4.79 Å². The van der Waals surface area contributed by atoms with E-state index in [1.807, 2.05) is 24.3 Å². The van der Waals surface area contributed by atoms with Crippen LogP contribution in [0, 0.1) is 5.41 Å². The van der Waals surface area contributed by atoms with Crippen LogP contribution in [0.5, 0.6) is 5.75 Å². The quantitative estimate of drug-likeness (QED) is 0.507. The zero-order valence-electron chi connectivity index (χ0n) is 15.1. The first-order valence-electron chi connectivity index (χ1n) is 9.24. The second kappa shape index (κ2) is 7.90. The molecule has 3 heteroatoms. The summed E-state index contributed by atoms with van der Waals surface area (Å²) in [6.07, 6.45) is 12.5. The molecule has 0 aromatic heterocycles. The fourth-order valence-corrected chi connectivity index (χ4v) is 4.19. The summed E-state index contributed by atoms with van der Waals surface area (Å²) in [5, 5.41) is 0. The lowest BCUT2D eigenvalue weighted by atomic mass is 9.83. The van der Waals surface area contributed by atoms with Crippen LogP contribution in [0.3, 0.4) is 0 Å². The van der Waals surface area contributed by atoms with Crippen LogP contribution in [0.2, 0.25) is 0 Å². The number of hydrogen-bond donors (Lipinski definition) is 0. The maximum atomic E-state index is 11.5. The molecule has 0 saturated heterocycles. The number of methoxy groups -OCH3 is 1. The van der Waals surface area contributed by atoms with Crippen molar-refractivity contribution in [3.8, 4) is 5.75 Å². The van der Waals surface area contributed by atoms with Gasteiger partial charge in [0.25, 0.3) is 0 Å². The molecule has 134 valence electrons. The van der Waals surface area contributed by atoms with Gasteiger partial charge >= 0.3 is 5.97 Å². The van der Waals surface area contributed by atoms with E-state index >= 15 is 0 Å². The minimum Gasteiger partial charge on any atom is -0.489 e. The SMILES string of the molecule is C=C[C@@H](CC(=O)OC)c1ccc(OCC2=CCC3(CCCC3)C2)cc1. The summed E-state index contributed by atoms with van der Waals surface area (Å²) in [6.45, 7) is 4.51. The molecule has 1 atom stereocenters. The lowest BCUT2D eigenvalue weighted by molar-refractivity contribution is -0.140. The summed E-state index contributed by atoms with van der Waals surface area (Å²) in [6, 6.07) is 7.96. The van der Waals surface area contributed by atoms with Crippen LogP contribution in [-0.4, -0.2) is 19.7 Å². The molecular formula is C22H28O3. The smallest absolute Gasteiger partial charge is 0.306 e. The Morgan fingerprint density at radius 3 is 2.64 bits per heavy atom. The number of esters is 1. The summed E-state index contributed by atoms with van der Waals surface area (Å²) in [5.74, 6) is 0.624. The topological polar surface area (TPSA) is 35.5 Å². The highest BCUT2D eigenvalue weighted by Crippen LogP contribution is 2.49. The molecule has 0 amide bonds. The second-order valence-electron chi connectivity index (χ2n) is 7.43. The molecule has 0 heterocycles. The van der Waals surface area contributed by atoms with Gasteiger partial charge in [0.1, 0.15) is 12.4 Å². The van der Waals surface area contributed by atoms with Crippen molar-refractivity contribution in [3.63, 3.8) is 0 Å². The first-order valence-corrected chi connectivity index (χ1v) is 9.24. The molecule has 1 fully saturated rings. The zero-order valence-corrected chi connectivity index (χ0v) is 15.1. The third-order valence-corrected chi connectivity index (χ3v) is 5.72. The zero-order chi connectivity index (χ0) is 17.7. The maximum absolute atomic E-state index is 11.5. The van der Waals surface area contributed by atoms with Gasteiger partial charge in [-0.15, -0.1) is 6.58 Å². The summed E-state index contributed by atoms with van der Waals surface area (Å²) >= 11 is 0. The number of hydrogen-bond acceptors (Lipinski definition) is 3. The van der Waals surface area contributed by atoms with Gasteiger partial charge < -0.3 is 9.47 Å². The predicted octanol–water partition coefficient (Wildman–Crippen LogP) is 5.18. The first kappa shape index (κ1) is 17.8. The normalized spacial score (nSPS) is 19.5. The molecule has 0 bridgehead atoms. The Labute approximate surface area is 150 Å². The number of benzene rings is 1. The highest BCUT2D eigenvalue weighted by molar-refractivity contribution is 5.70. The van der Waals surface area contributed by atoms with Gasteiger partial charge in [0.2, 0.25) is 0 Å². The van der Waals surface area contributed by atoms with Crippen LogP contribution < -0.4 is 4.74 Å². The maximum Gasteiger partial charge on any atom is 0.306 e. The highest BCUT2D eigenvalue weighted by atomic mass is 16.5. The summed E-state index contributed by atoms with van der Waals surface area (Å²) in [5.41, 5.74) is 3.06. The molecule has 3 rings (SSSR count). The van der Waals surface area contributed by atoms with Crippen molar-refractivity contribution in [2.24, 2.45) is 5.41 Å². The summed E-state index contributed by atoms with van der Waals surface area (Å²) < 4.78 is 10.7. The minimum atomic E-state index is -0.223. The van der Waals surface area contributed by atoms with Gasteiger partial charge in [-0.05, 0) is 54.4 Å². The molecule has 0 unspecified atom stereocenters. The Hall–Kier alpha value is -2.03. The number of rotatable bonds is 7. The monoisotopic (exact) mass is 340 g/mol. The van der Waals surface area contributed by atoms with Crippen LogP contribution in [0.25, 0.3) is 0 Å². The Balaban J connectivity index is 1.52. The fourth-order valence-electron chi connectivity index (χ4n) is 4.19. The van der Waals surface area contributed by atoms with Gasteiger partial charge in [0.05, 0.1) is 13.5 Å². The lowest BCUT2D eigenvalue weighted by Crippen LogP contribution is -2.12. The van der Waals surface area contributed by atoms with E-state index < -0.39 is 0 Å². The molecule has 2 aliphatic rings. The van der Waals surface area contributed by atoms with Crippen LogP contribution in [-0.2, 0) is 9.53 Å². The Morgan fingerprint density at radius 1 is 1.28 bits per heavy atom. The molecule has 1 spiro atoms. The number of allylic oxidation sites excluding steroid dienone is 2. The van der Waals surface area contributed by atoms with Crippen LogP contribution in [0.4, 0.5) is 0 Å². The first-order chi connectivity index (χ1) is 12.1. The Morgan fingerprint density at radius 2 is 2.00 bits per heavy atom. The standard InChI is InChI=1S/C22H28O3/c1-3-18(14-21(23)24-2)19-6-8-20(9-7-19)25-16-17-10-13-22(15-17)11-4-5-12-22/h3,6-10,18H,1,4-5,11-16H2,2H3/t18-/m0/s1. The van der Waals surface area contributed by atoms with Gasteiger partial charge in [0, 0.05) is 5.92 Å². The molecule has 0 radical (unpaired) electrons. The average Bonchev–Trinajstić information content (AvgIpc) is 3.28. The minimum absolute atomic E-state index is 0.0266. The molecular weight excluding hydrogens is 312 g/mol. The van der Waals surface area contributed by atoms with Crippen molar-refractivity contribution < 1.29 is 14.3 Å². The van der Waals surface area contributed by atoms with E-state index in [0.29, 0.717) is 18.4 Å². The molecule has 1 saturated carbocycles. The Bertz CT molecular complexity index is 636. The van der Waals surface area contributed by atoms with E-state index in [2.05, 4.69) is 12.7 Å². The third-order valence-electron chi connectivity index (χ3n) is 5.72. The van der Waals surface area contributed by atoms with E-state index in [0.717, 1.165) is 11.3 Å². The van der Waals surface area contributed by atoms with Gasteiger partial charge in [-0.3, -0.25) is 4.79 Å². The van der Waals surface area contributed by atoms with E-state index in [1.165, 1.54) is 51.2 Å². The van der Waals surface area contributed by atoms with Crippen molar-refractivity contribution in [2.45, 2.75) is 50.9 Å². The number of carbonyl (C=O) groups excluding carboxylic acids is 1. The van der Waals surface area contributed by atoms with Crippen LogP contribution >= 0.6 is 0 Å². The lowest BCUT2D eigenvalue weighted by Gasteiger charge is -2.22. The van der Waals surface area contributed by atoms with Gasteiger partial charge in [-0.25, -0.2) is 0 Å². The van der Waals surface area contributed by atoms with E-state index in [-0.39, 0.29) is 11.9 Å². The highest BCUT2D eigenvalue weighted by Gasteiger charge is 2.36. The summed E-state index contributed by atoms with van der Waals surface area (Å²) in [4.78, 5) is 11.5. The number of carbonyl (C=O) groups is 1. The summed E-state index contributed by atoms with van der Waals surface area (Å²) in [7, 11) is 1.41. The molecule has 0 aliphatic heterocycles. The average molecular weight is 340 g/mol. The van der Waals surface area contributed by atoms with E-state index in [4.69, 9.17) is 9.47 Å². The van der Waals surface area contributed by atoms with Crippen molar-refractivity contribution >= 4 is 5.97 Å². The van der Waals surface area contributed by atoms with Crippen LogP contribution in [0.1, 0.15) is 56.4 Å². The van der Waals surface area contributed by atoms with Crippen molar-refractivity contribution in [3.05, 3.63) is 54.1 Å². The van der Waals surface area contributed by atoms with Crippen molar-refractivity contribution in [1.29, 1.82) is 0 Å². The van der Waals surface area contributed by atoms with Gasteiger partial charge in [-0.2, -0.15) is 0 Å². The second-order valence-corrected chi connectivity index (χ2v) is 7.43. The number of ether oxygens (including phenoxy) is 2. The molecule has 0 N–H and O–H groups in total. The van der Waals surface area contributed by atoms with Crippen molar-refractivity contribution in [2.75, 3.05) is 13.7 Å². The van der Waals surface area contributed by atoms with Gasteiger partial charge in [-0.1, -0.05) is 37.1 Å². The molecule has 25 heavy (non-hydrogen) atoms. The van der Waals surface area contributed by atoms with Crippen LogP contribution in [0.15, 0.2) is 48.6 Å². The fraction of sp³-hybridized carbons (Fsp3) is 0.500. The van der Waals surface area contributed by atoms with Gasteiger partial charge in [0.15, 0.2) is 0 Å². The van der Waals surface area contributed by atoms with Crippen molar-refractivity contribution in [1.82, 2.24) is 0 Å². The predicted molar refractivity (Wildman–Crippen MR) is 99.7 cm³/mol. The Kier molecular flexibility index (Phi) is 5.62. The molecule has 1 aromatic rings. The largest absolute Gasteiger partial charge is 0.489 e. The van der Waals surface area contributed by atoms with E-state index in [1.54, 1.807) is 6.08 Å². The molecule has 3 nitrogen and oxygen atoms in total. The molecule has 2 aliphatic carbocycles. The molecule has 1 aromatic carbocycles.